The van der Waals surface area contributed by atoms with Crippen molar-refractivity contribution in [2.24, 2.45) is 5.41 Å². The van der Waals surface area contributed by atoms with Crippen LogP contribution in [0.3, 0.4) is 0 Å². The largest absolute Gasteiger partial charge is 0.481 e. The van der Waals surface area contributed by atoms with Crippen LogP contribution in [0.5, 0.6) is 0 Å². The van der Waals surface area contributed by atoms with Crippen molar-refractivity contribution >= 4 is 5.97 Å². The maximum atomic E-state index is 10.3. The van der Waals surface area contributed by atoms with E-state index in [9.17, 15) is 4.79 Å². The van der Waals surface area contributed by atoms with Gasteiger partial charge in [-0.3, -0.25) is 4.79 Å². The third kappa shape index (κ3) is 3.70. The maximum absolute atomic E-state index is 10.3. The van der Waals surface area contributed by atoms with Crippen molar-refractivity contribution in [1.29, 1.82) is 0 Å². The van der Waals surface area contributed by atoms with Crippen molar-refractivity contribution < 1.29 is 9.90 Å². The van der Waals surface area contributed by atoms with Crippen LogP contribution < -0.4 is 0 Å². The zero-order chi connectivity index (χ0) is 12.1. The highest BCUT2D eigenvalue weighted by atomic mass is 16.4. The molecule has 0 bridgehead atoms. The molecule has 0 aromatic rings. The van der Waals surface area contributed by atoms with Gasteiger partial charge < -0.3 is 10.0 Å². The normalized spacial score (nSPS) is 22.8. The summed E-state index contributed by atoms with van der Waals surface area (Å²) >= 11 is 0. The third-order valence-corrected chi connectivity index (χ3v) is 4.40. The summed E-state index contributed by atoms with van der Waals surface area (Å²) in [7, 11) is 0. The van der Waals surface area contributed by atoms with Gasteiger partial charge in [-0.05, 0) is 37.6 Å². The quantitative estimate of drug-likeness (QED) is 0.694. The Morgan fingerprint density at radius 3 is 2.35 bits per heavy atom. The van der Waals surface area contributed by atoms with E-state index in [0.29, 0.717) is 6.42 Å². The number of carboxylic acids is 1. The Labute approximate surface area is 104 Å². The number of likely N-dealkylation sites (tertiary alicyclic amines) is 1. The van der Waals surface area contributed by atoms with E-state index >= 15 is 0 Å². The summed E-state index contributed by atoms with van der Waals surface area (Å²) in [5.41, 5.74) is 0.726. The van der Waals surface area contributed by atoms with Gasteiger partial charge in [-0.2, -0.15) is 0 Å². The molecule has 1 N–H and O–H groups in total. The van der Waals surface area contributed by atoms with E-state index in [1.54, 1.807) is 0 Å². The lowest BCUT2D eigenvalue weighted by molar-refractivity contribution is -0.137. The van der Waals surface area contributed by atoms with Crippen molar-refractivity contribution in [3.63, 3.8) is 0 Å². The molecule has 1 saturated carbocycles. The zero-order valence-corrected chi connectivity index (χ0v) is 10.8. The van der Waals surface area contributed by atoms with Gasteiger partial charge in [0.25, 0.3) is 0 Å². The van der Waals surface area contributed by atoms with Gasteiger partial charge in [-0.1, -0.05) is 25.7 Å². The third-order valence-electron chi connectivity index (χ3n) is 4.40. The molecule has 2 rings (SSSR count). The highest BCUT2D eigenvalue weighted by Gasteiger charge is 2.43. The second kappa shape index (κ2) is 5.85. The first kappa shape index (κ1) is 12.9. The summed E-state index contributed by atoms with van der Waals surface area (Å²) in [4.78, 5) is 12.9. The second-order valence-electron chi connectivity index (χ2n) is 5.98. The first-order chi connectivity index (χ1) is 8.20. The second-order valence-corrected chi connectivity index (χ2v) is 5.98. The first-order valence-corrected chi connectivity index (χ1v) is 7.14. The Balaban J connectivity index is 1.44. The molecule has 2 aliphatic rings. The van der Waals surface area contributed by atoms with Crippen LogP contribution in [0.2, 0.25) is 0 Å². The summed E-state index contributed by atoms with van der Waals surface area (Å²) in [6.07, 6.45) is 10.5. The van der Waals surface area contributed by atoms with Crippen LogP contribution in [0.4, 0.5) is 0 Å². The van der Waals surface area contributed by atoms with E-state index in [1.807, 2.05) is 0 Å². The summed E-state index contributed by atoms with van der Waals surface area (Å²) in [5, 5.41) is 8.52. The molecule has 2 fully saturated rings. The molecule has 3 nitrogen and oxygen atoms in total. The van der Waals surface area contributed by atoms with Gasteiger partial charge >= 0.3 is 5.97 Å². The molecule has 0 amide bonds. The van der Waals surface area contributed by atoms with Crippen LogP contribution in [-0.4, -0.2) is 35.6 Å². The molecular weight excluding hydrogens is 214 g/mol. The number of hydrogen-bond acceptors (Lipinski definition) is 2. The van der Waals surface area contributed by atoms with Crippen LogP contribution in [0.15, 0.2) is 0 Å². The number of aliphatic carboxylic acids is 1. The molecule has 1 saturated heterocycles. The lowest BCUT2D eigenvalue weighted by atomic mass is 9.78. The smallest absolute Gasteiger partial charge is 0.303 e. The molecule has 0 aromatic carbocycles. The topological polar surface area (TPSA) is 40.5 Å². The minimum atomic E-state index is -0.657. The number of hydrogen-bond donors (Lipinski definition) is 1. The Morgan fingerprint density at radius 2 is 1.71 bits per heavy atom. The van der Waals surface area contributed by atoms with Gasteiger partial charge in [-0.15, -0.1) is 0 Å². The van der Waals surface area contributed by atoms with Crippen LogP contribution in [0.1, 0.15) is 57.8 Å². The summed E-state index contributed by atoms with van der Waals surface area (Å²) in [6.45, 7) is 3.90. The number of carbonyl (C=O) groups is 1. The fraction of sp³-hybridized carbons (Fsp3) is 0.929. The van der Waals surface area contributed by atoms with Gasteiger partial charge in [0.05, 0.1) is 0 Å². The van der Waals surface area contributed by atoms with Crippen molar-refractivity contribution in [2.45, 2.75) is 57.8 Å². The molecule has 0 unspecified atom stereocenters. The zero-order valence-electron chi connectivity index (χ0n) is 10.8. The van der Waals surface area contributed by atoms with Crippen molar-refractivity contribution in [2.75, 3.05) is 19.6 Å². The molecule has 0 radical (unpaired) electrons. The Morgan fingerprint density at radius 1 is 1.06 bits per heavy atom. The molecule has 0 aromatic heterocycles. The minimum Gasteiger partial charge on any atom is -0.481 e. The Hall–Kier alpha value is -0.570. The van der Waals surface area contributed by atoms with Gasteiger partial charge in [0.2, 0.25) is 0 Å². The van der Waals surface area contributed by atoms with Crippen molar-refractivity contribution in [1.82, 2.24) is 4.90 Å². The molecule has 0 atom stereocenters. The van der Waals surface area contributed by atoms with Gasteiger partial charge in [0.1, 0.15) is 0 Å². The van der Waals surface area contributed by atoms with Gasteiger partial charge in [-0.25, -0.2) is 0 Å². The van der Waals surface area contributed by atoms with E-state index in [1.165, 1.54) is 58.2 Å². The predicted molar refractivity (Wildman–Crippen MR) is 68.1 cm³/mol. The van der Waals surface area contributed by atoms with Crippen molar-refractivity contribution in [3.8, 4) is 0 Å². The van der Waals surface area contributed by atoms with Crippen LogP contribution >= 0.6 is 0 Å². The van der Waals surface area contributed by atoms with E-state index in [-0.39, 0.29) is 0 Å². The Bertz CT molecular complexity index is 251. The molecule has 17 heavy (non-hydrogen) atoms. The van der Waals surface area contributed by atoms with Gasteiger partial charge in [0, 0.05) is 19.5 Å². The van der Waals surface area contributed by atoms with Crippen LogP contribution in [0.25, 0.3) is 0 Å². The van der Waals surface area contributed by atoms with E-state index in [4.69, 9.17) is 5.11 Å². The van der Waals surface area contributed by atoms with Crippen LogP contribution in [0, 0.1) is 5.41 Å². The standard InChI is InChI=1S/C14H25NO2/c16-13(17)7-3-1-2-6-10-15-11-14(12-15)8-4-5-9-14/h1-12H2,(H,16,17). The SMILES string of the molecule is O=C(O)CCCCCCN1CC2(CCCC2)C1. The summed E-state index contributed by atoms with van der Waals surface area (Å²) < 4.78 is 0. The van der Waals surface area contributed by atoms with Crippen LogP contribution in [-0.2, 0) is 4.79 Å². The van der Waals surface area contributed by atoms with Crippen molar-refractivity contribution in [3.05, 3.63) is 0 Å². The summed E-state index contributed by atoms with van der Waals surface area (Å²) in [5.74, 6) is -0.657. The predicted octanol–water partition coefficient (Wildman–Crippen LogP) is 2.90. The number of rotatable bonds is 7. The fourth-order valence-electron chi connectivity index (χ4n) is 3.47. The number of unbranched alkanes of at least 4 members (excludes halogenated alkanes) is 3. The number of carboxylic acid groups (broad SMARTS) is 1. The average molecular weight is 239 g/mol. The van der Waals surface area contributed by atoms with E-state index < -0.39 is 5.97 Å². The highest BCUT2D eigenvalue weighted by molar-refractivity contribution is 5.66. The average Bonchev–Trinajstić information content (AvgIpc) is 2.70. The van der Waals surface area contributed by atoms with E-state index in [2.05, 4.69) is 4.90 Å². The summed E-state index contributed by atoms with van der Waals surface area (Å²) in [6, 6.07) is 0. The molecule has 1 aliphatic carbocycles. The molecule has 98 valence electrons. The van der Waals surface area contributed by atoms with Gasteiger partial charge in [0.15, 0.2) is 0 Å². The molecular formula is C14H25NO2. The fourth-order valence-corrected chi connectivity index (χ4v) is 3.47. The molecule has 1 spiro atoms. The van der Waals surface area contributed by atoms with E-state index in [0.717, 1.165) is 18.3 Å². The first-order valence-electron chi connectivity index (χ1n) is 7.14. The molecule has 1 aliphatic heterocycles. The molecule has 1 heterocycles. The minimum absolute atomic E-state index is 0.340. The lowest BCUT2D eigenvalue weighted by Gasteiger charge is -2.48. The number of nitrogens with zero attached hydrogens (tertiary/aromatic N) is 1. The lowest BCUT2D eigenvalue weighted by Crippen LogP contribution is -2.54. The molecule has 3 heteroatoms. The maximum Gasteiger partial charge on any atom is 0.303 e. The highest BCUT2D eigenvalue weighted by Crippen LogP contribution is 2.45. The Kier molecular flexibility index (Phi) is 4.43. The monoisotopic (exact) mass is 239 g/mol.